The average Bonchev–Trinajstić information content (AvgIpc) is 2.80. The number of amides is 1. The van der Waals surface area contributed by atoms with Gasteiger partial charge in [-0.05, 0) is 32.0 Å². The summed E-state index contributed by atoms with van der Waals surface area (Å²) in [4.78, 5) is 13.9. The Bertz CT molecular complexity index is 587. The summed E-state index contributed by atoms with van der Waals surface area (Å²) < 4.78 is 7.28. The van der Waals surface area contributed by atoms with Crippen LogP contribution in [0.3, 0.4) is 0 Å². The number of nitrogens with zero attached hydrogens (tertiary/aromatic N) is 2. The predicted octanol–water partition coefficient (Wildman–Crippen LogP) is 2.52. The molecule has 0 N–H and O–H groups in total. The van der Waals surface area contributed by atoms with Crippen molar-refractivity contribution in [1.29, 1.82) is 0 Å². The molecule has 0 saturated carbocycles. The third-order valence-corrected chi connectivity index (χ3v) is 3.47. The Morgan fingerprint density at radius 1 is 1.37 bits per heavy atom. The normalized spacial score (nSPS) is 11.0. The first-order chi connectivity index (χ1) is 9.04. The van der Waals surface area contributed by atoms with Gasteiger partial charge in [0, 0.05) is 24.7 Å². The standard InChI is InChI=1S/C15H20N2O2/c1-11(2)16(3)15(18)10-17-9-8-12-13(17)6-5-7-14(12)19-4/h5-9,11H,10H2,1-4H3. The van der Waals surface area contributed by atoms with Gasteiger partial charge in [0.15, 0.2) is 0 Å². The first-order valence-electron chi connectivity index (χ1n) is 6.42. The number of ether oxygens (including phenoxy) is 1. The summed E-state index contributed by atoms with van der Waals surface area (Å²) in [7, 11) is 3.49. The molecule has 0 aliphatic rings. The number of rotatable bonds is 4. The molecule has 2 aromatic rings. The minimum atomic E-state index is 0.107. The Kier molecular flexibility index (Phi) is 3.79. The van der Waals surface area contributed by atoms with Gasteiger partial charge in [-0.2, -0.15) is 0 Å². The van der Waals surface area contributed by atoms with E-state index < -0.39 is 0 Å². The molecule has 0 unspecified atom stereocenters. The summed E-state index contributed by atoms with van der Waals surface area (Å²) in [5.74, 6) is 0.941. The van der Waals surface area contributed by atoms with Crippen molar-refractivity contribution in [2.24, 2.45) is 0 Å². The Hall–Kier alpha value is -1.97. The van der Waals surface area contributed by atoms with E-state index in [1.807, 2.05) is 55.9 Å². The molecule has 0 spiro atoms. The fourth-order valence-electron chi connectivity index (χ4n) is 2.06. The lowest BCUT2D eigenvalue weighted by Gasteiger charge is -2.21. The van der Waals surface area contributed by atoms with Gasteiger partial charge < -0.3 is 14.2 Å². The van der Waals surface area contributed by atoms with Crippen LogP contribution in [0.25, 0.3) is 10.9 Å². The van der Waals surface area contributed by atoms with Gasteiger partial charge in [-0.1, -0.05) is 6.07 Å². The minimum Gasteiger partial charge on any atom is -0.496 e. The van der Waals surface area contributed by atoms with Crippen LogP contribution in [0.1, 0.15) is 13.8 Å². The summed E-state index contributed by atoms with van der Waals surface area (Å²) in [6, 6.07) is 8.06. The van der Waals surface area contributed by atoms with Crippen LogP contribution in [-0.2, 0) is 11.3 Å². The zero-order chi connectivity index (χ0) is 14.0. The van der Waals surface area contributed by atoms with Crippen molar-refractivity contribution in [3.8, 4) is 5.75 Å². The van der Waals surface area contributed by atoms with E-state index in [4.69, 9.17) is 4.74 Å². The molecule has 0 saturated heterocycles. The number of likely N-dealkylation sites (N-methyl/N-ethyl adjacent to an activating group) is 1. The van der Waals surface area contributed by atoms with Crippen molar-refractivity contribution in [2.75, 3.05) is 14.2 Å². The van der Waals surface area contributed by atoms with E-state index in [9.17, 15) is 4.79 Å². The second-order valence-electron chi connectivity index (χ2n) is 4.94. The van der Waals surface area contributed by atoms with E-state index in [1.165, 1.54) is 0 Å². The highest BCUT2D eigenvalue weighted by molar-refractivity contribution is 5.88. The van der Waals surface area contributed by atoms with Gasteiger partial charge in [0.2, 0.25) is 5.91 Å². The number of aromatic nitrogens is 1. The first-order valence-corrected chi connectivity index (χ1v) is 6.42. The van der Waals surface area contributed by atoms with Crippen LogP contribution in [-0.4, -0.2) is 35.6 Å². The monoisotopic (exact) mass is 260 g/mol. The number of carbonyl (C=O) groups is 1. The van der Waals surface area contributed by atoms with Crippen molar-refractivity contribution >= 4 is 16.8 Å². The van der Waals surface area contributed by atoms with Crippen molar-refractivity contribution in [1.82, 2.24) is 9.47 Å². The molecule has 1 heterocycles. The van der Waals surface area contributed by atoms with Gasteiger partial charge in [-0.25, -0.2) is 0 Å². The molecule has 0 aliphatic heterocycles. The molecule has 0 atom stereocenters. The lowest BCUT2D eigenvalue weighted by atomic mass is 10.2. The van der Waals surface area contributed by atoms with Gasteiger partial charge in [0.1, 0.15) is 12.3 Å². The molecule has 19 heavy (non-hydrogen) atoms. The zero-order valence-corrected chi connectivity index (χ0v) is 11.9. The van der Waals surface area contributed by atoms with E-state index in [0.29, 0.717) is 6.54 Å². The number of hydrogen-bond donors (Lipinski definition) is 0. The smallest absolute Gasteiger partial charge is 0.242 e. The lowest BCUT2D eigenvalue weighted by Crippen LogP contribution is -2.35. The van der Waals surface area contributed by atoms with Gasteiger partial charge in [-0.3, -0.25) is 4.79 Å². The Labute approximate surface area is 113 Å². The zero-order valence-electron chi connectivity index (χ0n) is 11.9. The summed E-state index contributed by atoms with van der Waals surface area (Å²) in [5, 5.41) is 1.03. The molecule has 1 aromatic heterocycles. The van der Waals surface area contributed by atoms with E-state index in [2.05, 4.69) is 0 Å². The molecule has 0 aliphatic carbocycles. The van der Waals surface area contributed by atoms with Crippen LogP contribution in [0.2, 0.25) is 0 Å². The number of fused-ring (bicyclic) bond motifs is 1. The molecule has 0 radical (unpaired) electrons. The van der Waals surface area contributed by atoms with Gasteiger partial charge >= 0.3 is 0 Å². The first kappa shape index (κ1) is 13.5. The SMILES string of the molecule is COc1cccc2c1ccn2CC(=O)N(C)C(C)C. The third kappa shape index (κ3) is 2.57. The maximum Gasteiger partial charge on any atom is 0.242 e. The maximum atomic E-state index is 12.1. The number of carbonyl (C=O) groups excluding carboxylic acids is 1. The lowest BCUT2D eigenvalue weighted by molar-refractivity contribution is -0.131. The van der Waals surface area contributed by atoms with E-state index in [0.717, 1.165) is 16.7 Å². The van der Waals surface area contributed by atoms with Gasteiger partial charge in [0.05, 0.1) is 12.6 Å². The highest BCUT2D eigenvalue weighted by Crippen LogP contribution is 2.26. The van der Waals surface area contributed by atoms with E-state index in [-0.39, 0.29) is 11.9 Å². The fraction of sp³-hybridized carbons (Fsp3) is 0.400. The van der Waals surface area contributed by atoms with Crippen molar-refractivity contribution < 1.29 is 9.53 Å². The second kappa shape index (κ2) is 5.34. The molecule has 1 amide bonds. The molecular weight excluding hydrogens is 240 g/mol. The summed E-state index contributed by atoms with van der Waals surface area (Å²) >= 11 is 0. The molecule has 0 bridgehead atoms. The molecule has 0 fully saturated rings. The maximum absolute atomic E-state index is 12.1. The van der Waals surface area contributed by atoms with Crippen LogP contribution in [0.15, 0.2) is 30.5 Å². The molecular formula is C15H20N2O2. The number of benzene rings is 1. The highest BCUT2D eigenvalue weighted by Gasteiger charge is 2.14. The van der Waals surface area contributed by atoms with Crippen LogP contribution in [0, 0.1) is 0 Å². The number of hydrogen-bond acceptors (Lipinski definition) is 2. The van der Waals surface area contributed by atoms with Crippen LogP contribution in [0.4, 0.5) is 0 Å². The Balaban J connectivity index is 2.29. The quantitative estimate of drug-likeness (QED) is 0.846. The molecule has 4 heteroatoms. The van der Waals surface area contributed by atoms with Crippen molar-refractivity contribution in [2.45, 2.75) is 26.4 Å². The molecule has 2 rings (SSSR count). The second-order valence-corrected chi connectivity index (χ2v) is 4.94. The van der Waals surface area contributed by atoms with E-state index >= 15 is 0 Å². The van der Waals surface area contributed by atoms with Crippen molar-refractivity contribution in [3.63, 3.8) is 0 Å². The fourth-order valence-corrected chi connectivity index (χ4v) is 2.06. The average molecular weight is 260 g/mol. The summed E-state index contributed by atoms with van der Waals surface area (Å²) in [5.41, 5.74) is 1.02. The summed E-state index contributed by atoms with van der Waals surface area (Å²) in [6.45, 7) is 4.37. The topological polar surface area (TPSA) is 34.5 Å². The van der Waals surface area contributed by atoms with Gasteiger partial charge in [0.25, 0.3) is 0 Å². The van der Waals surface area contributed by atoms with Crippen molar-refractivity contribution in [3.05, 3.63) is 30.5 Å². The van der Waals surface area contributed by atoms with Gasteiger partial charge in [-0.15, -0.1) is 0 Å². The molecule has 4 nitrogen and oxygen atoms in total. The molecule has 102 valence electrons. The third-order valence-electron chi connectivity index (χ3n) is 3.47. The highest BCUT2D eigenvalue weighted by atomic mass is 16.5. The Morgan fingerprint density at radius 3 is 2.74 bits per heavy atom. The minimum absolute atomic E-state index is 0.107. The predicted molar refractivity (Wildman–Crippen MR) is 76.4 cm³/mol. The van der Waals surface area contributed by atoms with Crippen LogP contribution >= 0.6 is 0 Å². The van der Waals surface area contributed by atoms with E-state index in [1.54, 1.807) is 12.0 Å². The largest absolute Gasteiger partial charge is 0.496 e. The Morgan fingerprint density at radius 2 is 2.11 bits per heavy atom. The van der Waals surface area contributed by atoms with Crippen LogP contribution < -0.4 is 4.74 Å². The van der Waals surface area contributed by atoms with Crippen LogP contribution in [0.5, 0.6) is 5.75 Å². The molecule has 1 aromatic carbocycles. The number of methoxy groups -OCH3 is 1. The summed E-state index contributed by atoms with van der Waals surface area (Å²) in [6.07, 6.45) is 1.93.